The molecular weight excluding hydrogens is 483 g/mol. The quantitative estimate of drug-likeness (QED) is 0.340. The number of nitrogens with one attached hydrogen (secondary N) is 3. The molecule has 6 rings (SSSR count). The summed E-state index contributed by atoms with van der Waals surface area (Å²) < 4.78 is 22.0. The van der Waals surface area contributed by atoms with Crippen LogP contribution >= 0.6 is 0 Å². The van der Waals surface area contributed by atoms with Crippen LogP contribution in [0.2, 0.25) is 0 Å². The fourth-order valence-electron chi connectivity index (χ4n) is 5.01. The largest absolute Gasteiger partial charge is 0.424 e. The molecule has 38 heavy (non-hydrogen) atoms. The summed E-state index contributed by atoms with van der Waals surface area (Å²) >= 11 is 0. The highest BCUT2D eigenvalue weighted by Gasteiger charge is 2.24. The van der Waals surface area contributed by atoms with Gasteiger partial charge in [-0.3, -0.25) is 0 Å². The van der Waals surface area contributed by atoms with Crippen LogP contribution in [-0.2, 0) is 0 Å². The van der Waals surface area contributed by atoms with Gasteiger partial charge in [-0.05, 0) is 68.4 Å². The highest BCUT2D eigenvalue weighted by atomic mass is 19.1. The van der Waals surface area contributed by atoms with Crippen LogP contribution in [0.25, 0.3) is 22.6 Å². The zero-order valence-electron chi connectivity index (χ0n) is 21.1. The third kappa shape index (κ3) is 5.52. The highest BCUT2D eigenvalue weighted by Crippen LogP contribution is 2.35. The summed E-state index contributed by atoms with van der Waals surface area (Å²) in [6.45, 7) is 5.67. The number of halogens is 1. The lowest BCUT2D eigenvalue weighted by Gasteiger charge is -2.28. The monoisotopic (exact) mass is 514 g/mol. The van der Waals surface area contributed by atoms with E-state index < -0.39 is 0 Å². The Bertz CT molecular complexity index is 1360. The lowest BCUT2D eigenvalue weighted by atomic mass is 10.0. The zero-order valence-corrected chi connectivity index (χ0v) is 21.1. The van der Waals surface area contributed by atoms with E-state index in [4.69, 9.17) is 14.7 Å². The topological polar surface area (TPSA) is 92.2 Å². The van der Waals surface area contributed by atoms with Gasteiger partial charge >= 0.3 is 6.01 Å². The minimum atomic E-state index is -0.278. The maximum atomic E-state index is 13.7. The molecule has 4 aromatic rings. The Morgan fingerprint density at radius 1 is 0.921 bits per heavy atom. The van der Waals surface area contributed by atoms with Gasteiger partial charge in [0.15, 0.2) is 0 Å². The van der Waals surface area contributed by atoms with Crippen molar-refractivity contribution in [3.63, 3.8) is 0 Å². The molecule has 2 aromatic heterocycles. The number of hydrogen-bond acceptors (Lipinski definition) is 8. The van der Waals surface area contributed by atoms with Crippen LogP contribution in [0, 0.1) is 5.82 Å². The lowest BCUT2D eigenvalue weighted by molar-refractivity contribution is 0.287. The van der Waals surface area contributed by atoms with E-state index in [0.717, 1.165) is 74.7 Å². The van der Waals surface area contributed by atoms with Gasteiger partial charge < -0.3 is 25.4 Å². The van der Waals surface area contributed by atoms with Gasteiger partial charge in [-0.2, -0.15) is 4.98 Å². The predicted octanol–water partition coefficient (Wildman–Crippen LogP) is 4.10. The molecule has 196 valence electrons. The van der Waals surface area contributed by atoms with Crippen molar-refractivity contribution < 1.29 is 9.13 Å². The SMILES string of the molecule is Fc1ccc(-c2ncn(C3CCNCC3)c2-c2ccnc(Oc3cccc(NN4CCNCC4)c3)n2)cc1. The Balaban J connectivity index is 1.30. The Hall–Kier alpha value is -3.86. The minimum Gasteiger partial charge on any atom is -0.424 e. The van der Waals surface area contributed by atoms with Crippen molar-refractivity contribution in [2.24, 2.45) is 0 Å². The van der Waals surface area contributed by atoms with Crippen LogP contribution in [0.3, 0.4) is 0 Å². The number of ether oxygens (including phenoxy) is 1. The average molecular weight is 515 g/mol. The van der Waals surface area contributed by atoms with Crippen molar-refractivity contribution in [1.82, 2.24) is 35.2 Å². The van der Waals surface area contributed by atoms with Crippen molar-refractivity contribution in [3.05, 3.63) is 72.9 Å². The smallest absolute Gasteiger partial charge is 0.322 e. The summed E-state index contributed by atoms with van der Waals surface area (Å²) in [6, 6.07) is 16.6. The summed E-state index contributed by atoms with van der Waals surface area (Å²) in [5.41, 5.74) is 7.57. The molecule has 10 heteroatoms. The second-order valence-electron chi connectivity index (χ2n) is 9.54. The van der Waals surface area contributed by atoms with Gasteiger partial charge in [0, 0.05) is 50.0 Å². The second kappa shape index (κ2) is 11.3. The first-order valence-corrected chi connectivity index (χ1v) is 13.1. The van der Waals surface area contributed by atoms with Crippen molar-refractivity contribution >= 4 is 5.69 Å². The van der Waals surface area contributed by atoms with E-state index in [2.05, 4.69) is 30.6 Å². The Labute approximate surface area is 221 Å². The summed E-state index contributed by atoms with van der Waals surface area (Å²) in [5, 5.41) is 8.96. The molecule has 0 amide bonds. The van der Waals surface area contributed by atoms with Gasteiger partial charge in [0.1, 0.15) is 11.6 Å². The van der Waals surface area contributed by atoms with E-state index in [9.17, 15) is 4.39 Å². The number of nitrogens with zero attached hydrogens (tertiary/aromatic N) is 5. The van der Waals surface area contributed by atoms with Crippen LogP contribution in [0.4, 0.5) is 10.1 Å². The maximum Gasteiger partial charge on any atom is 0.322 e. The van der Waals surface area contributed by atoms with Gasteiger partial charge in [-0.15, -0.1) is 0 Å². The molecule has 4 heterocycles. The van der Waals surface area contributed by atoms with Gasteiger partial charge in [-0.25, -0.2) is 19.4 Å². The first-order chi connectivity index (χ1) is 18.7. The summed E-state index contributed by atoms with van der Waals surface area (Å²) in [4.78, 5) is 13.9. The van der Waals surface area contributed by atoms with Crippen molar-refractivity contribution in [2.75, 3.05) is 44.7 Å². The van der Waals surface area contributed by atoms with E-state index in [1.807, 2.05) is 36.7 Å². The fraction of sp³-hybridized carbons (Fsp3) is 0.321. The van der Waals surface area contributed by atoms with Gasteiger partial charge in [0.2, 0.25) is 0 Å². The number of imidazole rings is 1. The first-order valence-electron chi connectivity index (χ1n) is 13.1. The number of anilines is 1. The third-order valence-electron chi connectivity index (χ3n) is 6.94. The van der Waals surface area contributed by atoms with Crippen molar-refractivity contribution in [1.29, 1.82) is 0 Å². The predicted molar refractivity (Wildman–Crippen MR) is 144 cm³/mol. The molecule has 2 aromatic carbocycles. The number of piperidine rings is 1. The minimum absolute atomic E-state index is 0.255. The van der Waals surface area contributed by atoms with E-state index in [1.54, 1.807) is 18.3 Å². The molecular formula is C28H31FN8O. The molecule has 9 nitrogen and oxygen atoms in total. The summed E-state index contributed by atoms with van der Waals surface area (Å²) in [5.74, 6) is 0.368. The number of aromatic nitrogens is 4. The van der Waals surface area contributed by atoms with Crippen LogP contribution in [-0.4, -0.2) is 63.8 Å². The first kappa shape index (κ1) is 24.5. The van der Waals surface area contributed by atoms with E-state index >= 15 is 0 Å². The molecule has 0 unspecified atom stereocenters. The molecule has 0 bridgehead atoms. The van der Waals surface area contributed by atoms with Crippen molar-refractivity contribution in [3.8, 4) is 34.4 Å². The molecule has 0 spiro atoms. The van der Waals surface area contributed by atoms with Crippen LogP contribution < -0.4 is 20.8 Å². The zero-order chi connectivity index (χ0) is 25.7. The molecule has 2 fully saturated rings. The third-order valence-corrected chi connectivity index (χ3v) is 6.94. The van der Waals surface area contributed by atoms with Gasteiger partial charge in [0.25, 0.3) is 0 Å². The molecule has 2 saturated heterocycles. The fourth-order valence-corrected chi connectivity index (χ4v) is 5.01. The number of rotatable bonds is 7. The number of hydrogen-bond donors (Lipinski definition) is 3. The number of benzene rings is 2. The average Bonchev–Trinajstić information content (AvgIpc) is 3.40. The molecule has 3 N–H and O–H groups in total. The van der Waals surface area contributed by atoms with Crippen LogP contribution in [0.5, 0.6) is 11.8 Å². The van der Waals surface area contributed by atoms with Gasteiger partial charge in [0.05, 0.1) is 29.1 Å². The molecule has 0 saturated carbocycles. The lowest BCUT2D eigenvalue weighted by Crippen LogP contribution is -2.46. The normalized spacial score (nSPS) is 16.9. The number of piperazine rings is 1. The second-order valence-corrected chi connectivity index (χ2v) is 9.54. The standard InChI is InChI=1S/C28H31FN8O/c29-21-6-4-20(5-7-21)26-27(37(19-33-26)23-8-11-30-12-9-23)25-10-13-32-28(34-25)38-24-3-1-2-22(18-24)35-36-16-14-31-15-17-36/h1-7,10,13,18-19,23,30-31,35H,8-9,11-12,14-17H2. The van der Waals surface area contributed by atoms with Crippen LogP contribution in [0.1, 0.15) is 18.9 Å². The summed E-state index contributed by atoms with van der Waals surface area (Å²) in [7, 11) is 0. The Morgan fingerprint density at radius 3 is 2.53 bits per heavy atom. The molecule has 0 radical (unpaired) electrons. The maximum absolute atomic E-state index is 13.7. The molecule has 0 aliphatic carbocycles. The highest BCUT2D eigenvalue weighted by molar-refractivity contribution is 5.77. The molecule has 2 aliphatic rings. The number of hydrazine groups is 1. The Kier molecular flexibility index (Phi) is 7.25. The Morgan fingerprint density at radius 2 is 1.71 bits per heavy atom. The molecule has 2 aliphatic heterocycles. The summed E-state index contributed by atoms with van der Waals surface area (Å²) in [6.07, 6.45) is 5.56. The van der Waals surface area contributed by atoms with Gasteiger partial charge in [-0.1, -0.05) is 6.07 Å². The van der Waals surface area contributed by atoms with Crippen LogP contribution in [0.15, 0.2) is 67.1 Å². The van der Waals surface area contributed by atoms with E-state index in [1.165, 1.54) is 12.1 Å². The molecule has 0 atom stereocenters. The van der Waals surface area contributed by atoms with E-state index in [0.29, 0.717) is 17.5 Å². The van der Waals surface area contributed by atoms with E-state index in [-0.39, 0.29) is 11.8 Å². The van der Waals surface area contributed by atoms with Crippen molar-refractivity contribution in [2.45, 2.75) is 18.9 Å².